The van der Waals surface area contributed by atoms with E-state index in [1.165, 1.54) is 95.5 Å². The van der Waals surface area contributed by atoms with E-state index in [-0.39, 0.29) is 119 Å². The van der Waals surface area contributed by atoms with Crippen molar-refractivity contribution in [3.63, 3.8) is 0 Å². The van der Waals surface area contributed by atoms with Gasteiger partial charge in [-0.2, -0.15) is 52.7 Å². The molecule has 43 heteroatoms. The van der Waals surface area contributed by atoms with E-state index < -0.39 is 82.7 Å². The number of benzene rings is 3. The zero-order valence-corrected chi connectivity index (χ0v) is 80.8. The molecule has 776 valence electrons. The summed E-state index contributed by atoms with van der Waals surface area (Å²) in [7, 11) is 0. The van der Waals surface area contributed by atoms with Gasteiger partial charge in [-0.05, 0) is 201 Å². The summed E-state index contributed by atoms with van der Waals surface area (Å²) < 4.78 is 193. The Morgan fingerprint density at radius 1 is 0.366 bits per heavy atom. The van der Waals surface area contributed by atoms with Crippen molar-refractivity contribution in [2.24, 2.45) is 11.8 Å². The molecule has 13 heterocycles. The van der Waals surface area contributed by atoms with Crippen molar-refractivity contribution in [1.29, 1.82) is 0 Å². The number of aromatic nitrogens is 13. The molecule has 0 amide bonds. The van der Waals surface area contributed by atoms with Crippen LogP contribution in [0.2, 0.25) is 0 Å². The van der Waals surface area contributed by atoms with Gasteiger partial charge in [0.1, 0.15) is 118 Å². The standard InChI is InChI=1S/C26H29F4N5O.C26H30F3N5O3.C25H28F4N6O.C25H30F3N5O3/c1-17(36)12-33-10-8-19(23(27)15-33)14-34-11-9-22-24(34)31-16-32-25(22)35(21-6-7-21)13-18-2-4-20(5-3-18)26(28,29)30;1-17(35)12-32-11-9-25(37,22(36)14-32)15-33-10-8-21-23(33)30-16-31-24(21)34(20-6-7-20)13-18-2-4-19(5-3-18)26(27,28)29;1-16(36)11-33-8-6-17(22(26)14-33)12-34-9-7-21-23(34)31-15-32-24(21)35(20-4-5-20)13-19-3-2-18(10-30-19)25(27,28)29;1-3-32(13-18-4-6-19(7-5-18)25(26,27)28)22-20-8-10-33(23(20)30-16-29-22)15-24(36)9-11-31(12-17(2)34)14-21(24)35/h2-5,9,11,16,19,21,23H,6-8,10,12-15H2,1H3;2-5,8,10,16,20,22,36-37H,6-7,9,11-15H2,1H3;2-3,7,9-10,15,17,20,22H,4-6,8,11-14H2,1H3;4-8,10,16,21,35-36H,3,9,11-15H2,1-2H3/t19?,23-;22-,25-;17?,22-;21-,24-/m0101/s1. The van der Waals surface area contributed by atoms with Crippen LogP contribution in [0.4, 0.5) is 84.7 Å². The molecule has 0 radical (unpaired) electrons. The van der Waals surface area contributed by atoms with Gasteiger partial charge in [-0.1, -0.05) is 36.4 Å². The molecule has 0 spiro atoms. The number of alkyl halides is 14. The van der Waals surface area contributed by atoms with Crippen LogP contribution in [0, 0.1) is 11.8 Å². The second-order valence-corrected chi connectivity index (χ2v) is 39.4. The van der Waals surface area contributed by atoms with Crippen LogP contribution >= 0.6 is 0 Å². The Bertz CT molecular complexity index is 6280. The number of carbonyl (C=O) groups excluding carboxylic acids is 4. The lowest BCUT2D eigenvalue weighted by molar-refractivity contribution is -0.138. The second kappa shape index (κ2) is 44.3. The van der Waals surface area contributed by atoms with Gasteiger partial charge in [-0.3, -0.25) is 43.8 Å². The first-order valence-corrected chi connectivity index (χ1v) is 48.6. The second-order valence-electron chi connectivity index (χ2n) is 39.4. The first-order chi connectivity index (χ1) is 68.9. The minimum atomic E-state index is -4.42. The van der Waals surface area contributed by atoms with Crippen LogP contribution in [-0.2, 0) is 96.2 Å². The number of fused-ring (bicyclic) bond motifs is 4. The summed E-state index contributed by atoms with van der Waals surface area (Å²) in [5.41, 5.74) is -0.188. The molecule has 3 saturated carbocycles. The van der Waals surface area contributed by atoms with E-state index in [4.69, 9.17) is 0 Å². The molecule has 0 bridgehead atoms. The van der Waals surface area contributed by atoms with Crippen molar-refractivity contribution in [2.75, 3.05) is 105 Å². The van der Waals surface area contributed by atoms with E-state index >= 15 is 0 Å². The summed E-state index contributed by atoms with van der Waals surface area (Å²) in [5.74, 6) is 2.50. The quantitative estimate of drug-likeness (QED) is 0.0285. The number of anilines is 4. The predicted molar refractivity (Wildman–Crippen MR) is 514 cm³/mol. The lowest BCUT2D eigenvalue weighted by Crippen LogP contribution is -2.58. The number of ketones is 4. The van der Waals surface area contributed by atoms with E-state index in [1.807, 2.05) is 77.2 Å². The summed E-state index contributed by atoms with van der Waals surface area (Å²) >= 11 is 0. The predicted octanol–water partition coefficient (Wildman–Crippen LogP) is 15.0. The van der Waals surface area contributed by atoms with Crippen LogP contribution in [0.15, 0.2) is 165 Å². The highest BCUT2D eigenvalue weighted by molar-refractivity contribution is 5.91. The molecule has 4 saturated heterocycles. The number of β-amino-alcohol motifs (C(OH)–C–C–N with tert-alkyl or cyclic N) is 2. The lowest BCUT2D eigenvalue weighted by Gasteiger charge is -2.42. The lowest BCUT2D eigenvalue weighted by atomic mass is 9.88. The molecule has 7 aliphatic rings. The number of pyridine rings is 1. The number of rotatable bonds is 32. The fourth-order valence-electron chi connectivity index (χ4n) is 19.7. The van der Waals surface area contributed by atoms with Gasteiger partial charge in [0.25, 0.3) is 0 Å². The maximum atomic E-state index is 14.9. The zero-order valence-electron chi connectivity index (χ0n) is 80.8. The Labute approximate surface area is 826 Å². The number of hydrogen-bond donors (Lipinski definition) is 4. The molecule has 9 aromatic heterocycles. The highest BCUT2D eigenvalue weighted by atomic mass is 19.4. The van der Waals surface area contributed by atoms with E-state index in [2.05, 4.69) is 59.6 Å². The number of likely N-dealkylation sites (tertiary alicyclic amines) is 4. The Kier molecular flexibility index (Phi) is 32.3. The largest absolute Gasteiger partial charge is 0.417 e. The average Bonchev–Trinajstić information content (AvgIpc) is 1.82. The van der Waals surface area contributed by atoms with Gasteiger partial charge in [0.2, 0.25) is 0 Å². The van der Waals surface area contributed by atoms with Crippen molar-refractivity contribution in [3.05, 3.63) is 210 Å². The summed E-state index contributed by atoms with van der Waals surface area (Å²) in [4.78, 5) is 101. The summed E-state index contributed by atoms with van der Waals surface area (Å²) in [6.07, 6.45) is 0.194. The highest BCUT2D eigenvalue weighted by Gasteiger charge is 2.46. The molecule has 145 heavy (non-hydrogen) atoms. The molecule has 4 N–H and O–H groups in total. The number of carbonyl (C=O) groups is 4. The zero-order chi connectivity index (χ0) is 103. The van der Waals surface area contributed by atoms with Crippen molar-refractivity contribution in [2.45, 2.75) is 230 Å². The summed E-state index contributed by atoms with van der Waals surface area (Å²) in [6, 6.07) is 26.3. The third-order valence-electron chi connectivity index (χ3n) is 27.9. The van der Waals surface area contributed by atoms with Crippen LogP contribution in [0.5, 0.6) is 0 Å². The summed E-state index contributed by atoms with van der Waals surface area (Å²) in [5, 5.41) is 47.0. The van der Waals surface area contributed by atoms with E-state index in [0.29, 0.717) is 143 Å². The molecule has 29 nitrogen and oxygen atoms in total. The molecular formula is C102H117F14N21O8. The number of aliphatic hydroxyl groups is 4. The minimum absolute atomic E-state index is 0.00467. The smallest absolute Gasteiger partial charge is 0.389 e. The summed E-state index contributed by atoms with van der Waals surface area (Å²) in [6.45, 7) is 15.6. The highest BCUT2D eigenvalue weighted by Crippen LogP contribution is 2.44. The van der Waals surface area contributed by atoms with Gasteiger partial charge in [0.05, 0.1) is 108 Å². The third kappa shape index (κ3) is 26.3. The van der Waals surface area contributed by atoms with Crippen molar-refractivity contribution >= 4 is 90.5 Å². The van der Waals surface area contributed by atoms with E-state index in [9.17, 15) is 101 Å². The molecule has 12 aromatic rings. The Hall–Kier alpha value is -12.1. The molecule has 4 aliphatic heterocycles. The number of aliphatic hydroxyl groups excluding tert-OH is 2. The van der Waals surface area contributed by atoms with Crippen LogP contribution in [0.3, 0.4) is 0 Å². The van der Waals surface area contributed by atoms with Crippen molar-refractivity contribution < 1.29 is 101 Å². The number of nitrogens with zero attached hydrogens (tertiary/aromatic N) is 21. The molecular weight excluding hydrogens is 1910 g/mol. The number of piperidine rings is 4. The van der Waals surface area contributed by atoms with Crippen LogP contribution in [0.1, 0.15) is 143 Å². The normalized spacial score (nSPS) is 21.6. The van der Waals surface area contributed by atoms with Crippen LogP contribution < -0.4 is 19.6 Å². The Morgan fingerprint density at radius 3 is 0.972 bits per heavy atom. The maximum absolute atomic E-state index is 14.9. The van der Waals surface area contributed by atoms with E-state index in [1.54, 1.807) is 21.5 Å². The van der Waals surface area contributed by atoms with Gasteiger partial charge >= 0.3 is 24.7 Å². The minimum Gasteiger partial charge on any atom is -0.389 e. The van der Waals surface area contributed by atoms with Gasteiger partial charge in [-0.25, -0.2) is 48.7 Å². The number of hydrogen-bond acceptors (Lipinski definition) is 25. The number of Topliss-reactive ketones (excluding diaryl/α,β-unsaturated/α-hetero) is 4. The topological polar surface area (TPSA) is 311 Å². The molecule has 8 atom stereocenters. The van der Waals surface area contributed by atoms with Gasteiger partial charge in [0.15, 0.2) is 0 Å². The first-order valence-electron chi connectivity index (χ1n) is 48.6. The first kappa shape index (κ1) is 106. The van der Waals surface area contributed by atoms with Crippen LogP contribution in [0.25, 0.3) is 44.1 Å². The number of halogens is 14. The molecule has 3 aromatic carbocycles. The Morgan fingerprint density at radius 2 is 0.669 bits per heavy atom. The van der Waals surface area contributed by atoms with Gasteiger partial charge < -0.3 is 58.3 Å². The monoisotopic (exact) mass is 2030 g/mol. The molecule has 2 unspecified atom stereocenters. The SMILES string of the molecule is CC(=O)CN1CCC(Cn2ccc3c(N(Cc4ccc(C(F)(F)F)cc4)C4CC4)ncnc32)[C@@H](F)C1.CC(=O)CN1CCC(Cn2ccc3c(N(Cc4ccc(C(F)(F)F)cn4)C4CC4)ncnc32)[C@@H](F)C1.CC(=O)CN1CC[C@@](O)(Cn2ccc3c(N(Cc4ccc(C(F)(F)F)cc4)C4CC4)ncnc32)[C@H](O)C1.CCN(Cc1ccc(C(F)(F)F)cc1)c1ncnc2c1ccn2C[C@]1(O)CCN(CC(C)=O)C[C@H]1O. The molecule has 19 rings (SSSR count). The molecule has 3 aliphatic carbocycles. The van der Waals surface area contributed by atoms with Gasteiger partial charge in [0, 0.05) is 139 Å². The van der Waals surface area contributed by atoms with E-state index in [0.717, 1.165) is 131 Å². The average molecular weight is 2030 g/mol. The molecule has 7 fully saturated rings. The van der Waals surface area contributed by atoms with Gasteiger partial charge in [-0.15, -0.1) is 0 Å². The van der Waals surface area contributed by atoms with Crippen LogP contribution in [-0.4, -0.2) is 265 Å². The maximum Gasteiger partial charge on any atom is 0.417 e. The van der Waals surface area contributed by atoms with Crippen molar-refractivity contribution in [3.8, 4) is 0 Å². The third-order valence-corrected chi connectivity index (χ3v) is 27.9. The fourth-order valence-corrected chi connectivity index (χ4v) is 19.7. The van der Waals surface area contributed by atoms with Crippen molar-refractivity contribution in [1.82, 2.24) is 82.7 Å². The Balaban J connectivity index is 0.000000138. The fraction of sp³-hybridized carbons (Fsp3) is 0.500.